The van der Waals surface area contributed by atoms with Crippen LogP contribution in [0.4, 0.5) is 0 Å². The number of aryl methyl sites for hydroxylation is 1. The van der Waals surface area contributed by atoms with Crippen LogP contribution >= 0.6 is 35.7 Å². The fourth-order valence-electron chi connectivity index (χ4n) is 3.40. The maximum Gasteiger partial charge on any atom is 0.0201 e. The Morgan fingerprint density at radius 1 is 0.960 bits per heavy atom. The molecule has 2 aromatic rings. The third-order valence-electron chi connectivity index (χ3n) is 4.90. The zero-order chi connectivity index (χ0) is 17.1. The average molecular weight is 465 g/mol. The minimum atomic E-state index is 0. The summed E-state index contributed by atoms with van der Waals surface area (Å²) >= 11 is 1.90. The van der Waals surface area contributed by atoms with E-state index in [1.807, 2.05) is 11.8 Å². The Hall–Kier alpha value is -0.780. The Morgan fingerprint density at radius 2 is 1.64 bits per heavy atom. The molecular weight excluding hydrogens is 437 g/mol. The van der Waals surface area contributed by atoms with Crippen molar-refractivity contribution in [1.29, 1.82) is 0 Å². The molecule has 3 heteroatoms. The summed E-state index contributed by atoms with van der Waals surface area (Å²) in [4.78, 5) is 5.27. The molecule has 0 fully saturated rings. The quantitative estimate of drug-likeness (QED) is 0.389. The van der Waals surface area contributed by atoms with Gasteiger partial charge in [-0.2, -0.15) is 0 Å². The maximum atomic E-state index is 2.50. The molecule has 1 nitrogen and oxygen atoms in total. The largest absolute Gasteiger partial charge is 0.304 e. The van der Waals surface area contributed by atoms with E-state index in [-0.39, 0.29) is 24.0 Å². The molecule has 0 N–H and O–H groups in total. The molecule has 1 aliphatic rings. The van der Waals surface area contributed by atoms with Crippen molar-refractivity contribution in [3.63, 3.8) is 0 Å². The van der Waals surface area contributed by atoms with Crippen LogP contribution in [-0.2, 0) is 0 Å². The molecule has 0 spiro atoms. The first-order valence-corrected chi connectivity index (χ1v) is 9.76. The number of hydrogen-bond acceptors (Lipinski definition) is 2. The second kappa shape index (κ2) is 9.24. The first kappa shape index (κ1) is 20.5. The van der Waals surface area contributed by atoms with E-state index in [9.17, 15) is 0 Å². The highest BCUT2D eigenvalue weighted by Gasteiger charge is 2.22. The van der Waals surface area contributed by atoms with Crippen molar-refractivity contribution in [1.82, 2.24) is 4.90 Å². The van der Waals surface area contributed by atoms with Gasteiger partial charge in [0.25, 0.3) is 0 Å². The molecule has 3 rings (SSSR count). The van der Waals surface area contributed by atoms with Gasteiger partial charge in [0.05, 0.1) is 0 Å². The van der Waals surface area contributed by atoms with E-state index < -0.39 is 0 Å². The van der Waals surface area contributed by atoms with Gasteiger partial charge >= 0.3 is 0 Å². The molecule has 0 saturated carbocycles. The average Bonchev–Trinajstić information content (AvgIpc) is 2.60. The monoisotopic (exact) mass is 465 g/mol. The van der Waals surface area contributed by atoms with Crippen LogP contribution in [-0.4, -0.2) is 24.5 Å². The molecule has 0 aliphatic carbocycles. The van der Waals surface area contributed by atoms with Crippen molar-refractivity contribution < 1.29 is 0 Å². The van der Waals surface area contributed by atoms with Crippen LogP contribution in [0.2, 0.25) is 0 Å². The minimum Gasteiger partial charge on any atom is -0.304 e. The second-order valence-corrected chi connectivity index (χ2v) is 7.61. The number of benzene rings is 2. The fraction of sp³-hybridized carbons (Fsp3) is 0.364. The number of nitrogens with zero attached hydrogens (tertiary/aromatic N) is 1. The smallest absolute Gasteiger partial charge is 0.0201 e. The molecule has 0 aromatic heterocycles. The van der Waals surface area contributed by atoms with E-state index in [0.717, 1.165) is 26.1 Å². The van der Waals surface area contributed by atoms with Gasteiger partial charge in [-0.3, -0.25) is 0 Å². The van der Waals surface area contributed by atoms with Crippen LogP contribution in [0, 0.1) is 6.92 Å². The summed E-state index contributed by atoms with van der Waals surface area (Å²) in [6.45, 7) is 12.4. The van der Waals surface area contributed by atoms with E-state index in [2.05, 4.69) is 75.1 Å². The summed E-state index contributed by atoms with van der Waals surface area (Å²) in [7, 11) is 0. The van der Waals surface area contributed by atoms with E-state index in [1.54, 1.807) is 0 Å². The third kappa shape index (κ3) is 4.50. The summed E-state index contributed by atoms with van der Waals surface area (Å²) in [6.07, 6.45) is 1.13. The van der Waals surface area contributed by atoms with E-state index in [4.69, 9.17) is 0 Å². The van der Waals surface area contributed by atoms with Crippen LogP contribution in [0.1, 0.15) is 43.9 Å². The Kier molecular flexibility index (Phi) is 7.59. The van der Waals surface area contributed by atoms with E-state index >= 15 is 0 Å². The van der Waals surface area contributed by atoms with Crippen molar-refractivity contribution in [2.75, 3.05) is 19.6 Å². The first-order chi connectivity index (χ1) is 11.6. The summed E-state index contributed by atoms with van der Waals surface area (Å²) in [5, 5.41) is 0. The van der Waals surface area contributed by atoms with Crippen LogP contribution in [0.3, 0.4) is 0 Å². The van der Waals surface area contributed by atoms with Gasteiger partial charge in [-0.05, 0) is 62.2 Å². The van der Waals surface area contributed by atoms with Crippen LogP contribution in [0.25, 0.3) is 5.57 Å². The molecule has 0 unspecified atom stereocenters. The van der Waals surface area contributed by atoms with Crippen LogP contribution in [0.15, 0.2) is 57.8 Å². The fourth-order valence-corrected chi connectivity index (χ4v) is 4.47. The van der Waals surface area contributed by atoms with Gasteiger partial charge in [0, 0.05) is 16.3 Å². The van der Waals surface area contributed by atoms with Gasteiger partial charge in [0.1, 0.15) is 0 Å². The summed E-state index contributed by atoms with van der Waals surface area (Å²) < 4.78 is 0. The number of hydrogen-bond donors (Lipinski definition) is 0. The van der Waals surface area contributed by atoms with Gasteiger partial charge < -0.3 is 4.90 Å². The molecule has 25 heavy (non-hydrogen) atoms. The molecule has 0 saturated heterocycles. The maximum absolute atomic E-state index is 2.50. The topological polar surface area (TPSA) is 3.24 Å². The molecule has 0 atom stereocenters. The standard InChI is InChI=1S/C22H27NS.HI/c1-5-23(6-2)14-13-17(4)22-18-9-7-8-10-20(18)24-21-12-11-16(3)15-19(21)22;/h7-12,15H,5-6,13-14H2,1-4H3;1H. The lowest BCUT2D eigenvalue weighted by molar-refractivity contribution is 0.308. The van der Waals surface area contributed by atoms with Crippen LogP contribution in [0.5, 0.6) is 0 Å². The molecule has 134 valence electrons. The lowest BCUT2D eigenvalue weighted by atomic mass is 9.91. The van der Waals surface area contributed by atoms with Gasteiger partial charge in [0.2, 0.25) is 0 Å². The highest BCUT2D eigenvalue weighted by atomic mass is 127. The molecule has 1 heterocycles. The van der Waals surface area contributed by atoms with Crippen molar-refractivity contribution >= 4 is 41.3 Å². The van der Waals surface area contributed by atoms with Gasteiger partial charge in [-0.15, -0.1) is 24.0 Å². The zero-order valence-corrected chi connectivity index (χ0v) is 18.8. The SMILES string of the molecule is CCN(CC)CCC(C)=C1c2ccccc2Sc2ccc(C)cc21.I. The van der Waals surface area contributed by atoms with Gasteiger partial charge in [-0.1, -0.05) is 67.1 Å². The second-order valence-electron chi connectivity index (χ2n) is 6.53. The van der Waals surface area contributed by atoms with Crippen molar-refractivity contribution in [2.45, 2.75) is 43.9 Å². The normalized spacial score (nSPS) is 14.6. The number of rotatable bonds is 5. The highest BCUT2D eigenvalue weighted by molar-refractivity contribution is 14.0. The number of fused-ring (bicyclic) bond motifs is 2. The highest BCUT2D eigenvalue weighted by Crippen LogP contribution is 2.47. The Morgan fingerprint density at radius 3 is 2.36 bits per heavy atom. The van der Waals surface area contributed by atoms with Gasteiger partial charge in [-0.25, -0.2) is 0 Å². The van der Waals surface area contributed by atoms with Gasteiger partial charge in [0.15, 0.2) is 0 Å². The summed E-state index contributed by atoms with van der Waals surface area (Å²) in [6, 6.07) is 15.7. The molecule has 0 radical (unpaired) electrons. The van der Waals surface area contributed by atoms with Crippen molar-refractivity contribution in [3.05, 3.63) is 64.7 Å². The molecule has 0 bridgehead atoms. The molecule has 2 aromatic carbocycles. The minimum absolute atomic E-state index is 0. The zero-order valence-electron chi connectivity index (χ0n) is 15.6. The molecular formula is C22H28INS. The molecule has 0 amide bonds. The van der Waals surface area contributed by atoms with Crippen molar-refractivity contribution in [3.8, 4) is 0 Å². The number of halogens is 1. The predicted octanol–water partition coefficient (Wildman–Crippen LogP) is 6.63. The van der Waals surface area contributed by atoms with Crippen LogP contribution < -0.4 is 0 Å². The van der Waals surface area contributed by atoms with E-state index in [0.29, 0.717) is 0 Å². The lowest BCUT2D eigenvalue weighted by Crippen LogP contribution is -2.24. The third-order valence-corrected chi connectivity index (χ3v) is 6.06. The molecule has 1 aliphatic heterocycles. The first-order valence-electron chi connectivity index (χ1n) is 8.94. The summed E-state index contributed by atoms with van der Waals surface area (Å²) in [5.74, 6) is 0. The Bertz CT molecular complexity index is 762. The van der Waals surface area contributed by atoms with E-state index in [1.165, 1.54) is 37.6 Å². The van der Waals surface area contributed by atoms with Crippen molar-refractivity contribution in [2.24, 2.45) is 0 Å². The Balaban J connectivity index is 0.00000225. The lowest BCUT2D eigenvalue weighted by Gasteiger charge is -2.25. The summed E-state index contributed by atoms with van der Waals surface area (Å²) in [5.41, 5.74) is 7.10. The Labute approximate surface area is 173 Å². The predicted molar refractivity (Wildman–Crippen MR) is 121 cm³/mol.